The summed E-state index contributed by atoms with van der Waals surface area (Å²) in [6, 6.07) is 13.0. The molecule has 10 nitrogen and oxygen atoms in total. The molecule has 4 atom stereocenters. The highest BCUT2D eigenvalue weighted by atomic mass is 32.2. The lowest BCUT2D eigenvalue weighted by Gasteiger charge is -2.35. The summed E-state index contributed by atoms with van der Waals surface area (Å²) >= 11 is 0. The average molecular weight is 534 g/mol. The highest BCUT2D eigenvalue weighted by molar-refractivity contribution is 7.88. The molecule has 4 aliphatic heterocycles. The molecule has 0 radical (unpaired) electrons. The van der Waals surface area contributed by atoms with Crippen LogP contribution in [-0.2, 0) is 14.8 Å². The van der Waals surface area contributed by atoms with Gasteiger partial charge in [-0.2, -0.15) is 4.31 Å². The number of pyridine rings is 1. The van der Waals surface area contributed by atoms with Gasteiger partial charge in [-0.15, -0.1) is 0 Å². The minimum atomic E-state index is -3.15. The van der Waals surface area contributed by atoms with E-state index in [9.17, 15) is 8.42 Å². The van der Waals surface area contributed by atoms with Gasteiger partial charge in [0.1, 0.15) is 5.82 Å². The second-order valence-corrected chi connectivity index (χ2v) is 12.8. The van der Waals surface area contributed by atoms with Crippen LogP contribution < -0.4 is 15.1 Å². The number of aryl methyl sites for hydroxylation is 1. The lowest BCUT2D eigenvalue weighted by Crippen LogP contribution is -2.48. The van der Waals surface area contributed by atoms with Gasteiger partial charge in [0.05, 0.1) is 30.7 Å². The second kappa shape index (κ2) is 8.89. The Bertz CT molecular complexity index is 1480. The highest BCUT2D eigenvalue weighted by Crippen LogP contribution is 2.38. The Balaban J connectivity index is 1.04. The van der Waals surface area contributed by atoms with Crippen LogP contribution in [-0.4, -0.2) is 84.4 Å². The van der Waals surface area contributed by atoms with Crippen LogP contribution in [0.25, 0.3) is 11.3 Å². The summed E-state index contributed by atoms with van der Waals surface area (Å²) in [7, 11) is -3.15. The number of hydrogen-bond acceptors (Lipinski definition) is 9. The van der Waals surface area contributed by atoms with Crippen LogP contribution in [0.2, 0.25) is 0 Å². The predicted octanol–water partition coefficient (Wildman–Crippen LogP) is 2.79. The van der Waals surface area contributed by atoms with Gasteiger partial charge in [0, 0.05) is 61.0 Å². The van der Waals surface area contributed by atoms with E-state index in [1.807, 2.05) is 18.3 Å². The molecule has 0 spiro atoms. The van der Waals surface area contributed by atoms with E-state index < -0.39 is 10.0 Å². The third-order valence-corrected chi connectivity index (χ3v) is 9.57. The number of anilines is 4. The molecule has 38 heavy (non-hydrogen) atoms. The fourth-order valence-electron chi connectivity index (χ4n) is 6.48. The van der Waals surface area contributed by atoms with E-state index in [-0.39, 0.29) is 12.1 Å². The van der Waals surface area contributed by atoms with Gasteiger partial charge in [0.25, 0.3) is 0 Å². The minimum Gasteiger partial charge on any atom is -0.374 e. The largest absolute Gasteiger partial charge is 0.374 e. The first-order valence-corrected chi connectivity index (χ1v) is 15.0. The van der Waals surface area contributed by atoms with E-state index in [4.69, 9.17) is 14.7 Å². The summed E-state index contributed by atoms with van der Waals surface area (Å²) in [5, 5.41) is 3.34. The maximum Gasteiger partial charge on any atom is 0.227 e. The highest BCUT2D eigenvalue weighted by Gasteiger charge is 2.47. The first kappa shape index (κ1) is 23.8. The summed E-state index contributed by atoms with van der Waals surface area (Å²) < 4.78 is 31.4. The van der Waals surface area contributed by atoms with Gasteiger partial charge >= 0.3 is 0 Å². The van der Waals surface area contributed by atoms with Crippen molar-refractivity contribution in [3.05, 3.63) is 54.4 Å². The number of rotatable bonds is 6. The van der Waals surface area contributed by atoms with Crippen molar-refractivity contribution in [3.8, 4) is 11.3 Å². The number of benzene rings is 1. The standard InChI is InChI=1S/C27H31N7O3S/c1-17-9-19(4-5-25(17)32-13-21-10-20(32)14-34(21)38(2,35)36)30-27-28-8-7-24(31-27)18-3-6-26(29-12-18)33-15-23-11-22(33)16-37-23/h3-9,12,20-23H,10-11,13-16H2,1-2H3,(H,28,30,31). The van der Waals surface area contributed by atoms with E-state index in [1.165, 1.54) is 6.26 Å². The Kier molecular flexibility index (Phi) is 5.57. The fourth-order valence-corrected chi connectivity index (χ4v) is 7.62. The van der Waals surface area contributed by atoms with Gasteiger partial charge in [0.2, 0.25) is 16.0 Å². The average Bonchev–Trinajstić information content (AvgIpc) is 3.70. The van der Waals surface area contributed by atoms with Crippen molar-refractivity contribution in [2.24, 2.45) is 0 Å². The molecule has 0 amide bonds. The molecular weight excluding hydrogens is 502 g/mol. The summed E-state index contributed by atoms with van der Waals surface area (Å²) in [6.45, 7) is 5.08. The van der Waals surface area contributed by atoms with Gasteiger partial charge < -0.3 is 19.9 Å². The molecule has 1 N–H and O–H groups in total. The minimum absolute atomic E-state index is 0.0615. The number of nitrogens with one attached hydrogen (secondary N) is 1. The van der Waals surface area contributed by atoms with Crippen molar-refractivity contribution in [2.45, 2.75) is 44.0 Å². The Morgan fingerprint density at radius 1 is 0.974 bits per heavy atom. The topological polar surface area (TPSA) is 104 Å². The Morgan fingerprint density at radius 2 is 1.87 bits per heavy atom. The van der Waals surface area contributed by atoms with E-state index in [2.05, 4.69) is 51.3 Å². The van der Waals surface area contributed by atoms with Gasteiger partial charge in [-0.3, -0.25) is 0 Å². The van der Waals surface area contributed by atoms with E-state index >= 15 is 0 Å². The maximum absolute atomic E-state index is 12.0. The van der Waals surface area contributed by atoms with Crippen LogP contribution in [0.5, 0.6) is 0 Å². The Labute approximate surface area is 222 Å². The molecule has 4 saturated heterocycles. The number of morpholine rings is 1. The second-order valence-electron chi connectivity index (χ2n) is 10.8. The zero-order valence-corrected chi connectivity index (χ0v) is 22.3. The quantitative estimate of drug-likeness (QED) is 0.512. The third-order valence-electron chi connectivity index (χ3n) is 8.27. The number of aromatic nitrogens is 3. The van der Waals surface area contributed by atoms with E-state index in [0.29, 0.717) is 24.6 Å². The zero-order valence-electron chi connectivity index (χ0n) is 21.5. The van der Waals surface area contributed by atoms with Crippen LogP contribution in [0.15, 0.2) is 48.8 Å². The summed E-state index contributed by atoms with van der Waals surface area (Å²) in [5.41, 5.74) is 4.94. The molecule has 3 aromatic rings. The van der Waals surface area contributed by atoms with Crippen molar-refractivity contribution < 1.29 is 13.2 Å². The zero-order chi connectivity index (χ0) is 26.0. The lowest BCUT2D eigenvalue weighted by atomic mass is 10.1. The molecule has 11 heteroatoms. The number of fused-ring (bicyclic) bond motifs is 4. The molecule has 6 heterocycles. The van der Waals surface area contributed by atoms with Crippen LogP contribution in [0.3, 0.4) is 0 Å². The van der Waals surface area contributed by atoms with Crippen molar-refractivity contribution in [1.29, 1.82) is 0 Å². The van der Waals surface area contributed by atoms with Gasteiger partial charge in [-0.05, 0) is 61.7 Å². The Hall–Kier alpha value is -3.28. The molecule has 0 aliphatic carbocycles. The molecule has 4 bridgehead atoms. The van der Waals surface area contributed by atoms with Crippen molar-refractivity contribution >= 4 is 33.2 Å². The molecule has 4 unspecified atom stereocenters. The SMILES string of the molecule is Cc1cc(Nc2nccc(-c3ccc(N4CC5CC4CO5)nc3)n2)ccc1N1CC2CC1CN2S(C)(=O)=O. The summed E-state index contributed by atoms with van der Waals surface area (Å²) in [6.07, 6.45) is 7.25. The number of hydrogen-bond donors (Lipinski definition) is 1. The van der Waals surface area contributed by atoms with Crippen LogP contribution in [0.1, 0.15) is 18.4 Å². The number of sulfonamides is 1. The van der Waals surface area contributed by atoms with Gasteiger partial charge in [-0.1, -0.05) is 0 Å². The molecule has 7 rings (SSSR count). The number of ether oxygens (including phenoxy) is 1. The van der Waals surface area contributed by atoms with E-state index in [1.54, 1.807) is 10.5 Å². The summed E-state index contributed by atoms with van der Waals surface area (Å²) in [5.74, 6) is 1.51. The molecule has 0 saturated carbocycles. The van der Waals surface area contributed by atoms with Gasteiger partial charge in [0.15, 0.2) is 0 Å². The third kappa shape index (κ3) is 4.18. The maximum atomic E-state index is 12.0. The summed E-state index contributed by atoms with van der Waals surface area (Å²) in [4.78, 5) is 18.5. The molecule has 1 aromatic carbocycles. The predicted molar refractivity (Wildman–Crippen MR) is 146 cm³/mol. The van der Waals surface area contributed by atoms with Crippen molar-refractivity contribution in [3.63, 3.8) is 0 Å². The van der Waals surface area contributed by atoms with Crippen molar-refractivity contribution in [1.82, 2.24) is 19.3 Å². The van der Waals surface area contributed by atoms with Crippen LogP contribution in [0.4, 0.5) is 23.1 Å². The smallest absolute Gasteiger partial charge is 0.227 e. The van der Waals surface area contributed by atoms with Crippen LogP contribution >= 0.6 is 0 Å². The first-order chi connectivity index (χ1) is 18.3. The lowest BCUT2D eigenvalue weighted by molar-refractivity contribution is 0.0989. The normalized spacial score (nSPS) is 26.5. The van der Waals surface area contributed by atoms with Crippen molar-refractivity contribution in [2.75, 3.05) is 47.6 Å². The van der Waals surface area contributed by atoms with E-state index in [0.717, 1.165) is 66.6 Å². The van der Waals surface area contributed by atoms with Gasteiger partial charge in [-0.25, -0.2) is 23.4 Å². The monoisotopic (exact) mass is 533 g/mol. The number of piperazine rings is 1. The fraction of sp³-hybridized carbons (Fsp3) is 0.444. The molecule has 4 fully saturated rings. The molecule has 2 aromatic heterocycles. The Morgan fingerprint density at radius 3 is 2.53 bits per heavy atom. The molecular formula is C27H31N7O3S. The van der Waals surface area contributed by atoms with Crippen LogP contribution in [0, 0.1) is 6.92 Å². The first-order valence-electron chi connectivity index (χ1n) is 13.1. The molecule has 4 aliphatic rings. The molecule has 198 valence electrons. The number of nitrogens with zero attached hydrogens (tertiary/aromatic N) is 6.